The summed E-state index contributed by atoms with van der Waals surface area (Å²) in [6.45, 7) is 1.48. The molecule has 2 nitrogen and oxygen atoms in total. The van der Waals surface area contributed by atoms with Gasteiger partial charge in [0.15, 0.2) is 0 Å². The Balaban J connectivity index is 2.07. The van der Waals surface area contributed by atoms with Crippen molar-refractivity contribution in [2.75, 3.05) is 13.1 Å². The number of rotatable bonds is 2. The van der Waals surface area contributed by atoms with Crippen LogP contribution in [0, 0.1) is 5.82 Å². The van der Waals surface area contributed by atoms with Gasteiger partial charge in [0, 0.05) is 13.1 Å². The van der Waals surface area contributed by atoms with Gasteiger partial charge in [-0.25, -0.2) is 4.39 Å². The minimum absolute atomic E-state index is 0.123. The molecule has 1 amide bonds. The predicted molar refractivity (Wildman–Crippen MR) is 56.0 cm³/mol. The van der Waals surface area contributed by atoms with Gasteiger partial charge in [0.05, 0.1) is 0 Å². The number of amides is 1. The SMILES string of the molecule is O=CN1CCC(c2ccccc2F)CC1. The van der Waals surface area contributed by atoms with E-state index >= 15 is 0 Å². The molecule has 80 valence electrons. The van der Waals surface area contributed by atoms with Crippen molar-refractivity contribution in [1.29, 1.82) is 0 Å². The maximum Gasteiger partial charge on any atom is 0.209 e. The second-order valence-electron chi connectivity index (χ2n) is 3.94. The van der Waals surface area contributed by atoms with Crippen molar-refractivity contribution in [2.45, 2.75) is 18.8 Å². The first-order valence-corrected chi connectivity index (χ1v) is 5.25. The maximum atomic E-state index is 13.5. The number of hydrogen-bond acceptors (Lipinski definition) is 1. The van der Waals surface area contributed by atoms with Crippen LogP contribution in [-0.2, 0) is 4.79 Å². The van der Waals surface area contributed by atoms with Crippen LogP contribution in [0.25, 0.3) is 0 Å². The molecule has 2 rings (SSSR count). The Labute approximate surface area is 88.7 Å². The Kier molecular flexibility index (Phi) is 2.99. The van der Waals surface area contributed by atoms with Gasteiger partial charge in [-0.1, -0.05) is 18.2 Å². The second kappa shape index (κ2) is 4.43. The van der Waals surface area contributed by atoms with Crippen molar-refractivity contribution in [3.05, 3.63) is 35.6 Å². The lowest BCUT2D eigenvalue weighted by atomic mass is 9.89. The molecular formula is C12H14FNO. The van der Waals surface area contributed by atoms with Gasteiger partial charge in [-0.2, -0.15) is 0 Å². The second-order valence-corrected chi connectivity index (χ2v) is 3.94. The number of hydrogen-bond donors (Lipinski definition) is 0. The summed E-state index contributed by atoms with van der Waals surface area (Å²) in [6, 6.07) is 6.92. The summed E-state index contributed by atoms with van der Waals surface area (Å²) in [6.07, 6.45) is 2.59. The van der Waals surface area contributed by atoms with Gasteiger partial charge in [-0.15, -0.1) is 0 Å². The first kappa shape index (κ1) is 10.1. The Hall–Kier alpha value is -1.38. The summed E-state index contributed by atoms with van der Waals surface area (Å²) in [5, 5.41) is 0. The first-order valence-electron chi connectivity index (χ1n) is 5.25. The minimum Gasteiger partial charge on any atom is -0.345 e. The van der Waals surface area contributed by atoms with Crippen molar-refractivity contribution in [3.63, 3.8) is 0 Å². The molecule has 3 heteroatoms. The molecule has 1 aliphatic rings. The molecule has 1 aromatic rings. The van der Waals surface area contributed by atoms with Crippen LogP contribution in [0.2, 0.25) is 0 Å². The predicted octanol–water partition coefficient (Wildman–Crippen LogP) is 2.16. The topological polar surface area (TPSA) is 20.3 Å². The largest absolute Gasteiger partial charge is 0.345 e. The third-order valence-corrected chi connectivity index (χ3v) is 3.02. The van der Waals surface area contributed by atoms with Crippen LogP contribution in [-0.4, -0.2) is 24.4 Å². The zero-order valence-electron chi connectivity index (χ0n) is 8.53. The Morgan fingerprint density at radius 2 is 1.93 bits per heavy atom. The Bertz CT molecular complexity index is 345. The molecule has 0 aliphatic carbocycles. The van der Waals surface area contributed by atoms with Crippen LogP contribution in [0.3, 0.4) is 0 Å². The summed E-state index contributed by atoms with van der Waals surface area (Å²) in [4.78, 5) is 12.3. The Morgan fingerprint density at radius 1 is 1.27 bits per heavy atom. The average molecular weight is 207 g/mol. The van der Waals surface area contributed by atoms with Crippen molar-refractivity contribution >= 4 is 6.41 Å². The molecular weight excluding hydrogens is 193 g/mol. The molecule has 1 fully saturated rings. The number of carbonyl (C=O) groups is 1. The van der Waals surface area contributed by atoms with Crippen LogP contribution < -0.4 is 0 Å². The highest BCUT2D eigenvalue weighted by Crippen LogP contribution is 2.28. The van der Waals surface area contributed by atoms with Crippen molar-refractivity contribution in [2.24, 2.45) is 0 Å². The summed E-state index contributed by atoms with van der Waals surface area (Å²) in [5.41, 5.74) is 0.794. The molecule has 0 atom stereocenters. The molecule has 1 saturated heterocycles. The van der Waals surface area contributed by atoms with Crippen molar-refractivity contribution in [3.8, 4) is 0 Å². The van der Waals surface area contributed by atoms with E-state index in [0.29, 0.717) is 0 Å². The van der Waals surface area contributed by atoms with Crippen LogP contribution in [0.5, 0.6) is 0 Å². The summed E-state index contributed by atoms with van der Waals surface area (Å²) < 4.78 is 13.5. The third-order valence-electron chi connectivity index (χ3n) is 3.02. The number of nitrogens with zero attached hydrogens (tertiary/aromatic N) is 1. The highest BCUT2D eigenvalue weighted by molar-refractivity contribution is 5.47. The fourth-order valence-corrected chi connectivity index (χ4v) is 2.12. The summed E-state index contributed by atoms with van der Waals surface area (Å²) in [7, 11) is 0. The lowest BCUT2D eigenvalue weighted by molar-refractivity contribution is -0.119. The number of halogens is 1. The van der Waals surface area contributed by atoms with Gasteiger partial charge in [0.1, 0.15) is 5.82 Å². The third kappa shape index (κ3) is 2.17. The van der Waals surface area contributed by atoms with Gasteiger partial charge >= 0.3 is 0 Å². The zero-order chi connectivity index (χ0) is 10.7. The van der Waals surface area contributed by atoms with Crippen molar-refractivity contribution < 1.29 is 9.18 Å². The normalized spacial score (nSPS) is 17.8. The summed E-state index contributed by atoms with van der Waals surface area (Å²) in [5.74, 6) is 0.143. The number of piperidine rings is 1. The first-order chi connectivity index (χ1) is 7.31. The highest BCUT2D eigenvalue weighted by Gasteiger charge is 2.21. The smallest absolute Gasteiger partial charge is 0.209 e. The number of likely N-dealkylation sites (tertiary alicyclic amines) is 1. The van der Waals surface area contributed by atoms with E-state index in [2.05, 4.69) is 0 Å². The van der Waals surface area contributed by atoms with Crippen LogP contribution >= 0.6 is 0 Å². The molecule has 0 saturated carbocycles. The highest BCUT2D eigenvalue weighted by atomic mass is 19.1. The molecule has 1 aromatic carbocycles. The number of carbonyl (C=O) groups excluding carboxylic acids is 1. The van der Waals surface area contributed by atoms with Gasteiger partial charge < -0.3 is 4.90 Å². The van der Waals surface area contributed by atoms with Crippen LogP contribution in [0.1, 0.15) is 24.3 Å². The molecule has 0 N–H and O–H groups in total. The minimum atomic E-state index is -0.123. The lowest BCUT2D eigenvalue weighted by Gasteiger charge is -2.29. The molecule has 1 aliphatic heterocycles. The van der Waals surface area contributed by atoms with Gasteiger partial charge in [0.2, 0.25) is 6.41 Å². The van der Waals surface area contributed by atoms with E-state index in [-0.39, 0.29) is 11.7 Å². The van der Waals surface area contributed by atoms with Crippen LogP contribution in [0.15, 0.2) is 24.3 Å². The number of benzene rings is 1. The molecule has 0 bridgehead atoms. The van der Waals surface area contributed by atoms with E-state index in [4.69, 9.17) is 0 Å². The molecule has 15 heavy (non-hydrogen) atoms. The maximum absolute atomic E-state index is 13.5. The Morgan fingerprint density at radius 3 is 2.53 bits per heavy atom. The fraction of sp³-hybridized carbons (Fsp3) is 0.417. The van der Waals surface area contributed by atoms with Gasteiger partial charge in [-0.3, -0.25) is 4.79 Å². The van der Waals surface area contributed by atoms with E-state index < -0.39 is 0 Å². The quantitative estimate of drug-likeness (QED) is 0.680. The standard InChI is InChI=1S/C12H14FNO/c13-12-4-2-1-3-11(12)10-5-7-14(9-15)8-6-10/h1-4,9-10H,5-8H2. The van der Waals surface area contributed by atoms with Crippen LogP contribution in [0.4, 0.5) is 4.39 Å². The van der Waals surface area contributed by atoms with Gasteiger partial charge in [0.25, 0.3) is 0 Å². The molecule has 0 radical (unpaired) electrons. The fourth-order valence-electron chi connectivity index (χ4n) is 2.12. The molecule has 0 aromatic heterocycles. The monoisotopic (exact) mass is 207 g/mol. The summed E-state index contributed by atoms with van der Waals surface area (Å²) >= 11 is 0. The lowest BCUT2D eigenvalue weighted by Crippen LogP contribution is -2.31. The molecule has 0 spiro atoms. The van der Waals surface area contributed by atoms with E-state index in [9.17, 15) is 9.18 Å². The van der Waals surface area contributed by atoms with E-state index in [0.717, 1.165) is 37.9 Å². The van der Waals surface area contributed by atoms with Gasteiger partial charge in [-0.05, 0) is 30.4 Å². The van der Waals surface area contributed by atoms with E-state index in [1.807, 2.05) is 12.1 Å². The average Bonchev–Trinajstić information content (AvgIpc) is 2.30. The zero-order valence-corrected chi connectivity index (χ0v) is 8.53. The van der Waals surface area contributed by atoms with E-state index in [1.54, 1.807) is 11.0 Å². The molecule has 1 heterocycles. The molecule has 0 unspecified atom stereocenters. The van der Waals surface area contributed by atoms with Crippen molar-refractivity contribution in [1.82, 2.24) is 4.90 Å². The van der Waals surface area contributed by atoms with E-state index in [1.165, 1.54) is 6.07 Å².